The zero-order chi connectivity index (χ0) is 20.9. The predicted octanol–water partition coefficient (Wildman–Crippen LogP) is 5.45. The van der Waals surface area contributed by atoms with Gasteiger partial charge in [0.25, 0.3) is 0 Å². The molecule has 2 aromatic carbocycles. The molecule has 6 rings (SSSR count). The van der Waals surface area contributed by atoms with Gasteiger partial charge in [0.2, 0.25) is 0 Å². The molecule has 0 radical (unpaired) electrons. The first-order valence-corrected chi connectivity index (χ1v) is 11.4. The van der Waals surface area contributed by atoms with Gasteiger partial charge < -0.3 is 10.1 Å². The van der Waals surface area contributed by atoms with Crippen LogP contribution in [0.3, 0.4) is 0 Å². The Balaban J connectivity index is 1.34. The number of hydrogen-bond donors (Lipinski definition) is 1. The largest absolute Gasteiger partial charge is 0.445 e. The Labute approximate surface area is 183 Å². The number of rotatable bonds is 3. The number of piperidine rings is 3. The summed E-state index contributed by atoms with van der Waals surface area (Å²) in [4.78, 5) is 15.2. The number of alkyl carbamates (subject to hydrolysis) is 1. The van der Waals surface area contributed by atoms with E-state index in [9.17, 15) is 4.79 Å². The third-order valence-electron chi connectivity index (χ3n) is 7.18. The summed E-state index contributed by atoms with van der Waals surface area (Å²) >= 11 is 6.41. The van der Waals surface area contributed by atoms with E-state index in [1.165, 1.54) is 11.1 Å². The maximum absolute atomic E-state index is 12.8. The molecule has 30 heavy (non-hydrogen) atoms. The Morgan fingerprint density at radius 3 is 2.63 bits per heavy atom. The minimum absolute atomic E-state index is 0.0269. The van der Waals surface area contributed by atoms with Crippen molar-refractivity contribution in [2.45, 2.75) is 45.3 Å². The fourth-order valence-electron chi connectivity index (χ4n) is 5.52. The maximum atomic E-state index is 12.8. The lowest BCUT2D eigenvalue weighted by molar-refractivity contribution is -0.0348. The molecule has 3 fully saturated rings. The molecule has 3 saturated heterocycles. The van der Waals surface area contributed by atoms with Crippen molar-refractivity contribution in [2.75, 3.05) is 19.6 Å². The molecule has 2 bridgehead atoms. The molecule has 2 atom stereocenters. The molecular weight excluding hydrogens is 396 g/mol. The molecule has 5 heteroatoms. The van der Waals surface area contributed by atoms with Gasteiger partial charge in [0.05, 0.1) is 6.04 Å². The highest BCUT2D eigenvalue weighted by molar-refractivity contribution is 6.33. The Morgan fingerprint density at radius 2 is 1.93 bits per heavy atom. The summed E-state index contributed by atoms with van der Waals surface area (Å²) in [7, 11) is 0. The molecule has 1 amide bonds. The summed E-state index contributed by atoms with van der Waals surface area (Å²) in [5.41, 5.74) is 4.53. The van der Waals surface area contributed by atoms with E-state index in [4.69, 9.17) is 16.3 Å². The second-order valence-electron chi connectivity index (χ2n) is 9.72. The summed E-state index contributed by atoms with van der Waals surface area (Å²) in [5.74, 6) is 0.516. The predicted molar refractivity (Wildman–Crippen MR) is 120 cm³/mol. The van der Waals surface area contributed by atoms with Gasteiger partial charge in [0.1, 0.15) is 6.10 Å². The molecule has 0 spiro atoms. The minimum Gasteiger partial charge on any atom is -0.445 e. The van der Waals surface area contributed by atoms with Gasteiger partial charge in [0, 0.05) is 17.1 Å². The van der Waals surface area contributed by atoms with Crippen molar-refractivity contribution in [2.24, 2.45) is 11.3 Å². The van der Waals surface area contributed by atoms with Crippen LogP contribution in [0.2, 0.25) is 5.02 Å². The van der Waals surface area contributed by atoms with E-state index < -0.39 is 0 Å². The van der Waals surface area contributed by atoms with E-state index >= 15 is 0 Å². The number of carbonyl (C=O) groups is 1. The molecule has 0 aromatic heterocycles. The van der Waals surface area contributed by atoms with E-state index in [0.717, 1.165) is 55.0 Å². The van der Waals surface area contributed by atoms with Crippen molar-refractivity contribution in [1.82, 2.24) is 10.2 Å². The molecule has 1 unspecified atom stereocenters. The number of fused-ring (bicyclic) bond motifs is 4. The van der Waals surface area contributed by atoms with Crippen molar-refractivity contribution in [3.8, 4) is 11.1 Å². The number of amides is 1. The van der Waals surface area contributed by atoms with Gasteiger partial charge in [-0.15, -0.1) is 0 Å². The molecule has 3 aliphatic heterocycles. The van der Waals surface area contributed by atoms with Crippen LogP contribution in [-0.4, -0.2) is 36.7 Å². The monoisotopic (exact) mass is 424 g/mol. The summed E-state index contributed by atoms with van der Waals surface area (Å²) in [6.07, 6.45) is 2.93. The standard InChI is InChI=1S/C25H29ClN2O2/c1-25(2)14-18-13-17(19-5-3-4-6-21(19)26)7-8-20(18)23(25)27-24(29)30-22-15-28-11-9-16(22)10-12-28/h3-8,13,16,22-23H,9-12,14-15H2,1-2H3,(H,27,29)/t22-,23?/m1/s1. The number of halogens is 1. The minimum atomic E-state index is -0.283. The van der Waals surface area contributed by atoms with Crippen molar-refractivity contribution < 1.29 is 9.53 Å². The first kappa shape index (κ1) is 19.9. The molecule has 1 aliphatic carbocycles. The van der Waals surface area contributed by atoms with Gasteiger partial charge in [-0.05, 0) is 66.4 Å². The number of benzene rings is 2. The van der Waals surface area contributed by atoms with Crippen molar-refractivity contribution in [3.63, 3.8) is 0 Å². The van der Waals surface area contributed by atoms with Crippen molar-refractivity contribution >= 4 is 17.7 Å². The van der Waals surface area contributed by atoms with Crippen LogP contribution < -0.4 is 5.32 Å². The first-order chi connectivity index (χ1) is 14.4. The Bertz CT molecular complexity index is 965. The Morgan fingerprint density at radius 1 is 1.17 bits per heavy atom. The highest BCUT2D eigenvalue weighted by Crippen LogP contribution is 2.46. The van der Waals surface area contributed by atoms with Gasteiger partial charge in [0.15, 0.2) is 0 Å². The normalized spacial score (nSPS) is 28.8. The van der Waals surface area contributed by atoms with Crippen LogP contribution in [0.1, 0.15) is 43.9 Å². The SMILES string of the molecule is CC1(C)Cc2cc(-c3ccccc3Cl)ccc2C1NC(=O)O[C@@H]1CN2CCC1CC2. The molecule has 1 N–H and O–H groups in total. The fraction of sp³-hybridized carbons (Fsp3) is 0.480. The Kier molecular flexibility index (Phi) is 5.03. The maximum Gasteiger partial charge on any atom is 0.407 e. The van der Waals surface area contributed by atoms with E-state index in [1.807, 2.05) is 24.3 Å². The quantitative estimate of drug-likeness (QED) is 0.712. The fourth-order valence-corrected chi connectivity index (χ4v) is 5.77. The summed E-state index contributed by atoms with van der Waals surface area (Å²) in [6.45, 7) is 7.58. The number of hydrogen-bond acceptors (Lipinski definition) is 3. The molecule has 4 nitrogen and oxygen atoms in total. The average Bonchev–Trinajstić information content (AvgIpc) is 2.98. The van der Waals surface area contributed by atoms with Gasteiger partial charge in [-0.25, -0.2) is 4.79 Å². The topological polar surface area (TPSA) is 41.6 Å². The van der Waals surface area contributed by atoms with Crippen LogP contribution in [-0.2, 0) is 11.2 Å². The molecule has 4 aliphatic rings. The smallest absolute Gasteiger partial charge is 0.407 e. The van der Waals surface area contributed by atoms with Crippen LogP contribution in [0.25, 0.3) is 11.1 Å². The van der Waals surface area contributed by atoms with Crippen molar-refractivity contribution in [3.05, 3.63) is 58.6 Å². The zero-order valence-electron chi connectivity index (χ0n) is 17.7. The second kappa shape index (κ2) is 7.58. The van der Waals surface area contributed by atoms with E-state index in [1.54, 1.807) is 0 Å². The summed E-state index contributed by atoms with van der Waals surface area (Å²) in [5, 5.41) is 3.95. The number of carbonyl (C=O) groups excluding carboxylic acids is 1. The summed E-state index contributed by atoms with van der Waals surface area (Å²) < 4.78 is 5.90. The number of nitrogens with one attached hydrogen (secondary N) is 1. The van der Waals surface area contributed by atoms with Crippen LogP contribution >= 0.6 is 11.6 Å². The molecule has 158 valence electrons. The summed E-state index contributed by atoms with van der Waals surface area (Å²) in [6, 6.07) is 14.3. The lowest BCUT2D eigenvalue weighted by Crippen LogP contribution is -2.53. The van der Waals surface area contributed by atoms with Gasteiger partial charge >= 0.3 is 6.09 Å². The molecular formula is C25H29ClN2O2. The highest BCUT2D eigenvalue weighted by atomic mass is 35.5. The number of nitrogens with zero attached hydrogens (tertiary/aromatic N) is 1. The average molecular weight is 425 g/mol. The molecule has 2 aromatic rings. The van der Waals surface area contributed by atoms with Gasteiger partial charge in [-0.1, -0.05) is 61.8 Å². The van der Waals surface area contributed by atoms with E-state index in [-0.39, 0.29) is 23.7 Å². The van der Waals surface area contributed by atoms with Crippen LogP contribution in [0, 0.1) is 11.3 Å². The second-order valence-corrected chi connectivity index (χ2v) is 10.1. The zero-order valence-corrected chi connectivity index (χ0v) is 18.4. The lowest BCUT2D eigenvalue weighted by Gasteiger charge is -2.44. The first-order valence-electron chi connectivity index (χ1n) is 11.0. The van der Waals surface area contributed by atoms with Crippen LogP contribution in [0.15, 0.2) is 42.5 Å². The van der Waals surface area contributed by atoms with E-state index in [2.05, 4.69) is 42.3 Å². The third kappa shape index (κ3) is 3.61. The highest BCUT2D eigenvalue weighted by Gasteiger charge is 2.42. The van der Waals surface area contributed by atoms with E-state index in [0.29, 0.717) is 5.92 Å². The number of ether oxygens (including phenoxy) is 1. The molecule has 3 heterocycles. The van der Waals surface area contributed by atoms with Crippen LogP contribution in [0.5, 0.6) is 0 Å². The van der Waals surface area contributed by atoms with Gasteiger partial charge in [-0.2, -0.15) is 0 Å². The third-order valence-corrected chi connectivity index (χ3v) is 7.51. The van der Waals surface area contributed by atoms with Crippen LogP contribution in [0.4, 0.5) is 4.79 Å². The lowest BCUT2D eigenvalue weighted by atomic mass is 9.85. The van der Waals surface area contributed by atoms with Crippen molar-refractivity contribution in [1.29, 1.82) is 0 Å². The van der Waals surface area contributed by atoms with Gasteiger partial charge in [-0.3, -0.25) is 4.90 Å². The Hall–Kier alpha value is -2.04. The molecule has 0 saturated carbocycles.